The summed E-state index contributed by atoms with van der Waals surface area (Å²) in [6.07, 6.45) is 17.5. The second-order valence-electron chi connectivity index (χ2n) is 11.5. The van der Waals surface area contributed by atoms with Crippen LogP contribution in [0.5, 0.6) is 0 Å². The van der Waals surface area contributed by atoms with Crippen LogP contribution in [-0.4, -0.2) is 22.8 Å². The normalized spacial score (nSPS) is 24.4. The zero-order valence-electron chi connectivity index (χ0n) is 20.0. The Morgan fingerprint density at radius 2 is 1.28 bits per heavy atom. The van der Waals surface area contributed by atoms with Gasteiger partial charge in [0.05, 0.1) is 0 Å². The summed E-state index contributed by atoms with van der Waals surface area (Å²) in [5.74, 6) is 0.166. The minimum atomic E-state index is -0.0512. The highest BCUT2D eigenvalue weighted by molar-refractivity contribution is 6.03. The van der Waals surface area contributed by atoms with Crippen molar-refractivity contribution in [2.75, 3.05) is 0 Å². The number of hydrogen-bond donors (Lipinski definition) is 0. The summed E-state index contributed by atoms with van der Waals surface area (Å²) in [5.41, 5.74) is 0.392. The smallest absolute Gasteiger partial charge is 0.233 e. The lowest BCUT2D eigenvalue weighted by Crippen LogP contribution is -2.48. The molecule has 2 aliphatic rings. The molecule has 1 unspecified atom stereocenters. The summed E-state index contributed by atoms with van der Waals surface area (Å²) in [7, 11) is 0. The van der Waals surface area contributed by atoms with Crippen LogP contribution in [-0.2, 0) is 9.59 Å². The molecule has 29 heavy (non-hydrogen) atoms. The van der Waals surface area contributed by atoms with E-state index >= 15 is 0 Å². The second kappa shape index (κ2) is 11.0. The lowest BCUT2D eigenvalue weighted by atomic mass is 9.63. The summed E-state index contributed by atoms with van der Waals surface area (Å²) < 4.78 is 0. The number of rotatable bonds is 12. The number of amides is 2. The molecule has 2 amide bonds. The Morgan fingerprint density at radius 3 is 1.79 bits per heavy atom. The van der Waals surface area contributed by atoms with Crippen molar-refractivity contribution in [3.05, 3.63) is 0 Å². The maximum Gasteiger partial charge on any atom is 0.233 e. The van der Waals surface area contributed by atoms with Gasteiger partial charge in [-0.25, -0.2) is 0 Å². The molecular formula is C26H47NO2. The van der Waals surface area contributed by atoms with Crippen LogP contribution in [0.25, 0.3) is 0 Å². The van der Waals surface area contributed by atoms with Crippen LogP contribution in [0.15, 0.2) is 0 Å². The third kappa shape index (κ3) is 7.72. The molecule has 3 heteroatoms. The van der Waals surface area contributed by atoms with E-state index in [1.54, 1.807) is 4.90 Å². The average Bonchev–Trinajstić information content (AvgIpc) is 2.87. The maximum atomic E-state index is 13.0. The Hall–Kier alpha value is -0.860. The zero-order valence-corrected chi connectivity index (χ0v) is 20.0. The van der Waals surface area contributed by atoms with Crippen molar-refractivity contribution in [1.82, 2.24) is 4.90 Å². The van der Waals surface area contributed by atoms with E-state index in [9.17, 15) is 9.59 Å². The maximum absolute atomic E-state index is 13.0. The molecule has 0 N–H and O–H groups in total. The van der Waals surface area contributed by atoms with Gasteiger partial charge in [-0.3, -0.25) is 14.5 Å². The molecule has 2 rings (SSSR count). The van der Waals surface area contributed by atoms with Crippen molar-refractivity contribution < 1.29 is 9.59 Å². The van der Waals surface area contributed by atoms with E-state index in [0.717, 1.165) is 32.1 Å². The summed E-state index contributed by atoms with van der Waals surface area (Å²) >= 11 is 0. The molecule has 1 aliphatic carbocycles. The van der Waals surface area contributed by atoms with Crippen molar-refractivity contribution in [2.24, 2.45) is 16.7 Å². The summed E-state index contributed by atoms with van der Waals surface area (Å²) in [6, 6.07) is 0.103. The van der Waals surface area contributed by atoms with E-state index in [0.29, 0.717) is 6.42 Å². The van der Waals surface area contributed by atoms with Crippen LogP contribution in [0.2, 0.25) is 0 Å². The highest BCUT2D eigenvalue weighted by Gasteiger charge is 2.47. The molecule has 0 aromatic rings. The first-order valence-corrected chi connectivity index (χ1v) is 12.5. The van der Waals surface area contributed by atoms with Gasteiger partial charge in [0.15, 0.2) is 0 Å². The number of unbranched alkanes of at least 4 members (excludes halogenated alkanes) is 9. The standard InChI is InChI=1S/C26H47NO2/c1-6-7-8-9-10-11-12-13-14-15-16-21-17-23(28)27(24(21)29)22-18-25(2,3)20-26(4,5)19-22/h21-22H,6-20H2,1-5H3. The van der Waals surface area contributed by atoms with E-state index in [1.807, 2.05) is 0 Å². The lowest BCUT2D eigenvalue weighted by Gasteiger charge is -2.47. The fraction of sp³-hybridized carbons (Fsp3) is 0.923. The molecule has 0 aromatic heterocycles. The topological polar surface area (TPSA) is 37.4 Å². The van der Waals surface area contributed by atoms with Crippen LogP contribution in [0.1, 0.15) is 131 Å². The average molecular weight is 406 g/mol. The minimum absolute atomic E-state index is 0.0512. The van der Waals surface area contributed by atoms with Gasteiger partial charge >= 0.3 is 0 Å². The van der Waals surface area contributed by atoms with Gasteiger partial charge in [0, 0.05) is 18.4 Å². The van der Waals surface area contributed by atoms with Gasteiger partial charge in [0.25, 0.3) is 0 Å². The van der Waals surface area contributed by atoms with Gasteiger partial charge < -0.3 is 0 Å². The summed E-state index contributed by atoms with van der Waals surface area (Å²) in [5, 5.41) is 0. The van der Waals surface area contributed by atoms with E-state index in [2.05, 4.69) is 34.6 Å². The Bertz CT molecular complexity index is 521. The Labute approximate surface area is 180 Å². The third-order valence-electron chi connectivity index (χ3n) is 7.08. The van der Waals surface area contributed by atoms with Crippen molar-refractivity contribution in [3.8, 4) is 0 Å². The molecule has 0 spiro atoms. The first-order chi connectivity index (χ1) is 13.7. The molecule has 1 atom stereocenters. The molecule has 168 valence electrons. The number of imide groups is 1. The van der Waals surface area contributed by atoms with Crippen molar-refractivity contribution in [3.63, 3.8) is 0 Å². The Kier molecular flexibility index (Phi) is 9.22. The Balaban J connectivity index is 1.70. The monoisotopic (exact) mass is 405 g/mol. The molecule has 3 nitrogen and oxygen atoms in total. The number of hydrogen-bond acceptors (Lipinski definition) is 2. The van der Waals surface area contributed by atoms with Gasteiger partial charge in [-0.2, -0.15) is 0 Å². The molecule has 1 aliphatic heterocycles. The van der Waals surface area contributed by atoms with Crippen molar-refractivity contribution >= 4 is 11.8 Å². The van der Waals surface area contributed by atoms with Gasteiger partial charge in [0.2, 0.25) is 11.8 Å². The quantitative estimate of drug-likeness (QED) is 0.253. The minimum Gasteiger partial charge on any atom is -0.279 e. The summed E-state index contributed by atoms with van der Waals surface area (Å²) in [6.45, 7) is 11.4. The fourth-order valence-corrected chi connectivity index (χ4v) is 6.17. The van der Waals surface area contributed by atoms with Gasteiger partial charge in [0.1, 0.15) is 0 Å². The number of likely N-dealkylation sites (tertiary alicyclic amines) is 1. The lowest BCUT2D eigenvalue weighted by molar-refractivity contribution is -0.145. The predicted molar refractivity (Wildman–Crippen MR) is 122 cm³/mol. The second-order valence-corrected chi connectivity index (χ2v) is 11.5. The molecule has 0 bridgehead atoms. The largest absolute Gasteiger partial charge is 0.279 e. The molecule has 2 fully saturated rings. The number of carbonyl (C=O) groups excluding carboxylic acids is 2. The van der Waals surface area contributed by atoms with E-state index in [-0.39, 0.29) is 34.6 Å². The number of carbonyl (C=O) groups is 2. The van der Waals surface area contributed by atoms with Crippen LogP contribution >= 0.6 is 0 Å². The Morgan fingerprint density at radius 1 is 0.793 bits per heavy atom. The molecule has 1 heterocycles. The zero-order chi connectivity index (χ0) is 21.5. The first-order valence-electron chi connectivity index (χ1n) is 12.5. The molecule has 0 radical (unpaired) electrons. The van der Waals surface area contributed by atoms with Gasteiger partial charge in [-0.05, 0) is 36.5 Å². The predicted octanol–water partition coefficient (Wildman–Crippen LogP) is 7.28. The van der Waals surface area contributed by atoms with Crippen molar-refractivity contribution in [2.45, 2.75) is 137 Å². The molecule has 0 aromatic carbocycles. The van der Waals surface area contributed by atoms with Crippen LogP contribution in [0, 0.1) is 16.7 Å². The van der Waals surface area contributed by atoms with Gasteiger partial charge in [-0.15, -0.1) is 0 Å². The highest BCUT2D eigenvalue weighted by Crippen LogP contribution is 2.48. The summed E-state index contributed by atoms with van der Waals surface area (Å²) in [4.78, 5) is 27.4. The van der Waals surface area contributed by atoms with Crippen LogP contribution in [0.4, 0.5) is 0 Å². The van der Waals surface area contributed by atoms with Crippen LogP contribution in [0.3, 0.4) is 0 Å². The van der Waals surface area contributed by atoms with E-state index in [1.165, 1.54) is 57.8 Å². The third-order valence-corrected chi connectivity index (χ3v) is 7.08. The fourth-order valence-electron chi connectivity index (χ4n) is 6.17. The SMILES string of the molecule is CCCCCCCCCCCCC1CC(=O)N(C2CC(C)(C)CC(C)(C)C2)C1=O. The molecule has 1 saturated carbocycles. The molecular weight excluding hydrogens is 358 g/mol. The van der Waals surface area contributed by atoms with E-state index < -0.39 is 0 Å². The van der Waals surface area contributed by atoms with Crippen LogP contribution < -0.4 is 0 Å². The number of nitrogens with zero attached hydrogens (tertiary/aromatic N) is 1. The molecule has 1 saturated heterocycles. The first kappa shape index (κ1) is 24.4. The van der Waals surface area contributed by atoms with Gasteiger partial charge in [-0.1, -0.05) is 98.8 Å². The van der Waals surface area contributed by atoms with Crippen molar-refractivity contribution in [1.29, 1.82) is 0 Å². The highest BCUT2D eigenvalue weighted by atomic mass is 16.2. The van der Waals surface area contributed by atoms with E-state index in [4.69, 9.17) is 0 Å².